The van der Waals surface area contributed by atoms with Crippen molar-refractivity contribution in [2.45, 2.75) is 34.1 Å². The van der Waals surface area contributed by atoms with Crippen LogP contribution in [0.3, 0.4) is 0 Å². The van der Waals surface area contributed by atoms with Gasteiger partial charge in [-0.1, -0.05) is 23.1 Å². The normalized spacial score (nSPS) is 11.7. The lowest BCUT2D eigenvalue weighted by Gasteiger charge is -1.96. The van der Waals surface area contributed by atoms with Gasteiger partial charge in [-0.05, 0) is 39.7 Å². The van der Waals surface area contributed by atoms with Gasteiger partial charge < -0.3 is 0 Å². The van der Waals surface area contributed by atoms with Gasteiger partial charge in [-0.25, -0.2) is 8.42 Å². The standard InChI is InChI=1S/C12H18O2S/c1-6-10(2)9-11(3)7-8-12(4)15(5,13)14/h6H,9H2,1-5H3. The van der Waals surface area contributed by atoms with Gasteiger partial charge in [-0.2, -0.15) is 0 Å². The molecule has 0 atom stereocenters. The predicted molar refractivity (Wildman–Crippen MR) is 64.3 cm³/mol. The van der Waals surface area contributed by atoms with Crippen molar-refractivity contribution in [2.24, 2.45) is 0 Å². The van der Waals surface area contributed by atoms with Crippen molar-refractivity contribution >= 4 is 9.84 Å². The van der Waals surface area contributed by atoms with E-state index in [1.54, 1.807) is 0 Å². The second-order valence-electron chi connectivity index (χ2n) is 3.67. The number of hydrogen-bond donors (Lipinski definition) is 0. The highest BCUT2D eigenvalue weighted by molar-refractivity contribution is 7.94. The van der Waals surface area contributed by atoms with Gasteiger partial charge in [0, 0.05) is 6.26 Å². The molecule has 0 aromatic carbocycles. The molecule has 0 amide bonds. The average molecular weight is 226 g/mol. The Morgan fingerprint density at radius 3 is 2.13 bits per heavy atom. The maximum absolute atomic E-state index is 11.1. The van der Waals surface area contributed by atoms with Gasteiger partial charge in [-0.15, -0.1) is 0 Å². The molecule has 2 nitrogen and oxygen atoms in total. The zero-order valence-corrected chi connectivity index (χ0v) is 10.8. The lowest BCUT2D eigenvalue weighted by atomic mass is 10.1. The van der Waals surface area contributed by atoms with Crippen molar-refractivity contribution in [3.8, 4) is 0 Å². The first-order chi connectivity index (χ1) is 6.77. The zero-order valence-electron chi connectivity index (χ0n) is 10.0. The van der Waals surface area contributed by atoms with E-state index < -0.39 is 9.84 Å². The number of hydrogen-bond acceptors (Lipinski definition) is 2. The summed E-state index contributed by atoms with van der Waals surface area (Å²) in [6.45, 7) is 7.44. The highest BCUT2D eigenvalue weighted by atomic mass is 32.2. The van der Waals surface area contributed by atoms with Crippen LogP contribution in [-0.2, 0) is 9.84 Å². The molecular weight excluding hydrogens is 208 g/mol. The third kappa shape index (κ3) is 6.14. The molecule has 0 saturated heterocycles. The van der Waals surface area contributed by atoms with E-state index in [2.05, 4.69) is 11.5 Å². The average Bonchev–Trinajstić information content (AvgIpc) is 2.12. The van der Waals surface area contributed by atoms with Crippen LogP contribution in [0.1, 0.15) is 34.1 Å². The minimum atomic E-state index is -3.12. The Bertz CT molecular complexity index is 452. The van der Waals surface area contributed by atoms with Crippen LogP contribution in [0.5, 0.6) is 0 Å². The zero-order chi connectivity index (χ0) is 12.1. The smallest absolute Gasteiger partial charge is 0.179 e. The summed E-state index contributed by atoms with van der Waals surface area (Å²) in [5, 5.41) is 0. The van der Waals surface area contributed by atoms with E-state index in [0.29, 0.717) is 0 Å². The molecule has 0 aliphatic rings. The maximum Gasteiger partial charge on any atom is 0.179 e. The van der Waals surface area contributed by atoms with Crippen molar-refractivity contribution in [1.82, 2.24) is 0 Å². The topological polar surface area (TPSA) is 34.1 Å². The van der Waals surface area contributed by atoms with Crippen molar-refractivity contribution in [3.05, 3.63) is 33.6 Å². The van der Waals surface area contributed by atoms with Crippen molar-refractivity contribution in [3.63, 3.8) is 0 Å². The fourth-order valence-electron chi connectivity index (χ4n) is 0.852. The summed E-state index contributed by atoms with van der Waals surface area (Å²) in [7, 11) is -3.12. The Hall–Kier alpha value is -1.01. The lowest BCUT2D eigenvalue weighted by molar-refractivity contribution is 0.607. The predicted octanol–water partition coefficient (Wildman–Crippen LogP) is 2.99. The molecule has 0 heterocycles. The van der Waals surface area contributed by atoms with Crippen LogP contribution < -0.4 is 0 Å². The quantitative estimate of drug-likeness (QED) is 0.547. The van der Waals surface area contributed by atoms with E-state index in [-0.39, 0.29) is 4.91 Å². The largest absolute Gasteiger partial charge is 0.224 e. The Labute approximate surface area is 92.6 Å². The third-order valence-corrected chi connectivity index (χ3v) is 3.26. The van der Waals surface area contributed by atoms with E-state index in [1.165, 1.54) is 18.8 Å². The Morgan fingerprint density at radius 2 is 1.73 bits per heavy atom. The van der Waals surface area contributed by atoms with Crippen LogP contribution in [0, 0.1) is 0 Å². The van der Waals surface area contributed by atoms with Gasteiger partial charge in [-0.3, -0.25) is 0 Å². The summed E-state index contributed by atoms with van der Waals surface area (Å²) in [4.78, 5) is 0.222. The van der Waals surface area contributed by atoms with Crippen LogP contribution >= 0.6 is 0 Å². The molecule has 0 rings (SSSR count). The SMILES string of the molecule is CC=C(C)CC(C)=C=C=C(C)S(C)(=O)=O. The third-order valence-electron chi connectivity index (χ3n) is 2.04. The summed E-state index contributed by atoms with van der Waals surface area (Å²) >= 11 is 0. The highest BCUT2D eigenvalue weighted by Gasteiger charge is 2.02. The molecule has 0 aliphatic carbocycles. The van der Waals surface area contributed by atoms with Crippen molar-refractivity contribution < 1.29 is 8.42 Å². The number of rotatable bonds is 3. The van der Waals surface area contributed by atoms with Crippen LogP contribution in [0.25, 0.3) is 0 Å². The molecule has 84 valence electrons. The molecule has 0 unspecified atom stereocenters. The van der Waals surface area contributed by atoms with Gasteiger partial charge in [0.25, 0.3) is 0 Å². The second-order valence-corrected chi connectivity index (χ2v) is 5.83. The lowest BCUT2D eigenvalue weighted by Crippen LogP contribution is -1.94. The van der Waals surface area contributed by atoms with Crippen LogP contribution in [0.15, 0.2) is 33.6 Å². The van der Waals surface area contributed by atoms with Crippen molar-refractivity contribution in [2.75, 3.05) is 6.26 Å². The first kappa shape index (κ1) is 14.0. The maximum atomic E-state index is 11.1. The molecule has 3 heteroatoms. The summed E-state index contributed by atoms with van der Waals surface area (Å²) in [5.41, 5.74) is 7.75. The number of allylic oxidation sites excluding steroid dienone is 4. The first-order valence-electron chi connectivity index (χ1n) is 4.77. The highest BCUT2D eigenvalue weighted by Crippen LogP contribution is 2.08. The van der Waals surface area contributed by atoms with Crippen molar-refractivity contribution in [1.29, 1.82) is 0 Å². The van der Waals surface area contributed by atoms with Gasteiger partial charge in [0.1, 0.15) is 0 Å². The summed E-state index contributed by atoms with van der Waals surface area (Å²) < 4.78 is 22.1. The molecule has 0 N–H and O–H groups in total. The molecule has 0 fully saturated rings. The fourth-order valence-corrected chi connectivity index (χ4v) is 1.09. The minimum Gasteiger partial charge on any atom is -0.224 e. The molecule has 15 heavy (non-hydrogen) atoms. The van der Waals surface area contributed by atoms with Crippen LogP contribution in [-0.4, -0.2) is 14.7 Å². The fraction of sp³-hybridized carbons (Fsp3) is 0.500. The van der Waals surface area contributed by atoms with E-state index in [0.717, 1.165) is 12.0 Å². The Kier molecular flexibility index (Phi) is 5.38. The second kappa shape index (κ2) is 5.77. The summed E-state index contributed by atoms with van der Waals surface area (Å²) in [6, 6.07) is 0. The first-order valence-corrected chi connectivity index (χ1v) is 6.66. The monoisotopic (exact) mass is 226 g/mol. The van der Waals surface area contributed by atoms with Gasteiger partial charge in [0.2, 0.25) is 0 Å². The molecule has 0 radical (unpaired) electrons. The van der Waals surface area contributed by atoms with E-state index in [1.807, 2.05) is 26.8 Å². The molecule has 0 aliphatic heterocycles. The van der Waals surface area contributed by atoms with Crippen LogP contribution in [0.4, 0.5) is 0 Å². The molecule has 0 saturated carbocycles. The number of sulfone groups is 1. The van der Waals surface area contributed by atoms with Gasteiger partial charge >= 0.3 is 0 Å². The minimum absolute atomic E-state index is 0.222. The molecule has 0 spiro atoms. The molecule has 0 aromatic rings. The van der Waals surface area contributed by atoms with E-state index in [9.17, 15) is 8.42 Å². The molecule has 0 bridgehead atoms. The Balaban J connectivity index is 5.14. The summed E-state index contributed by atoms with van der Waals surface area (Å²) in [5.74, 6) is 0. The van der Waals surface area contributed by atoms with Gasteiger partial charge in [0.05, 0.1) is 4.91 Å². The molecular formula is C12H18O2S. The van der Waals surface area contributed by atoms with Crippen LogP contribution in [0.2, 0.25) is 0 Å². The summed E-state index contributed by atoms with van der Waals surface area (Å²) in [6.07, 6.45) is 4.00. The van der Waals surface area contributed by atoms with E-state index >= 15 is 0 Å². The molecule has 0 aromatic heterocycles. The van der Waals surface area contributed by atoms with Gasteiger partial charge in [0.15, 0.2) is 9.84 Å². The van der Waals surface area contributed by atoms with E-state index in [4.69, 9.17) is 0 Å². The Morgan fingerprint density at radius 1 is 1.20 bits per heavy atom.